The normalized spacial score (nSPS) is 11.3. The Hall–Kier alpha value is -2.14. The zero-order valence-electron chi connectivity index (χ0n) is 11.5. The third kappa shape index (κ3) is 4.16. The summed E-state index contributed by atoms with van der Waals surface area (Å²) in [6, 6.07) is 13.1. The minimum atomic E-state index is -3.51. The van der Waals surface area contributed by atoms with Gasteiger partial charge >= 0.3 is 5.97 Å². The average molecular weight is 303 g/mol. The fourth-order valence-electron chi connectivity index (χ4n) is 1.86. The van der Waals surface area contributed by atoms with Crippen molar-refractivity contribution in [2.75, 3.05) is 0 Å². The maximum atomic E-state index is 12.2. The van der Waals surface area contributed by atoms with Gasteiger partial charge in [-0.15, -0.1) is 0 Å². The summed E-state index contributed by atoms with van der Waals surface area (Å²) in [4.78, 5) is 10.8. The van der Waals surface area contributed by atoms with Gasteiger partial charge < -0.3 is 5.11 Å². The van der Waals surface area contributed by atoms with E-state index in [0.717, 1.165) is 5.56 Å². The zero-order valence-corrected chi connectivity index (χ0v) is 12.3. The second-order valence-corrected chi connectivity index (χ2v) is 6.59. The van der Waals surface area contributed by atoms with Gasteiger partial charge in [0.05, 0.1) is 11.3 Å². The molecule has 0 aromatic heterocycles. The molecule has 2 aromatic rings. The first-order valence-electron chi connectivity index (χ1n) is 6.34. The molecule has 1 radical (unpaired) electrons. The number of aryl methyl sites for hydroxylation is 1. The number of rotatable bonds is 5. The highest BCUT2D eigenvalue weighted by atomic mass is 32.2. The van der Waals surface area contributed by atoms with Crippen LogP contribution in [0.2, 0.25) is 0 Å². The number of benzene rings is 2. The number of sulfone groups is 1. The van der Waals surface area contributed by atoms with E-state index in [2.05, 4.69) is 0 Å². The summed E-state index contributed by atoms with van der Waals surface area (Å²) < 4.78 is 24.5. The van der Waals surface area contributed by atoms with E-state index in [9.17, 15) is 13.2 Å². The van der Waals surface area contributed by atoms with E-state index in [1.807, 2.05) is 6.92 Å². The van der Waals surface area contributed by atoms with E-state index in [0.29, 0.717) is 11.1 Å². The van der Waals surface area contributed by atoms with Gasteiger partial charge in [0.25, 0.3) is 0 Å². The van der Waals surface area contributed by atoms with Gasteiger partial charge in [0.2, 0.25) is 0 Å². The Labute approximate surface area is 124 Å². The van der Waals surface area contributed by atoms with Gasteiger partial charge in [-0.05, 0) is 30.2 Å². The van der Waals surface area contributed by atoms with Crippen LogP contribution < -0.4 is 0 Å². The molecule has 0 spiro atoms. The van der Waals surface area contributed by atoms with Crippen LogP contribution in [0, 0.1) is 12.7 Å². The molecular formula is C16H15O4S. The molecule has 109 valence electrons. The minimum Gasteiger partial charge on any atom is -0.481 e. The highest BCUT2D eigenvalue weighted by Crippen LogP contribution is 2.19. The lowest BCUT2D eigenvalue weighted by atomic mass is 10.1. The largest absolute Gasteiger partial charge is 0.481 e. The van der Waals surface area contributed by atoms with Crippen LogP contribution in [0.3, 0.4) is 0 Å². The van der Waals surface area contributed by atoms with Crippen molar-refractivity contribution in [3.63, 3.8) is 0 Å². The van der Waals surface area contributed by atoms with Crippen LogP contribution in [0.25, 0.3) is 0 Å². The van der Waals surface area contributed by atoms with Crippen molar-refractivity contribution in [1.29, 1.82) is 0 Å². The number of aliphatic carboxylic acids is 1. The molecule has 2 aromatic carbocycles. The maximum Gasteiger partial charge on any atom is 0.307 e. The molecule has 0 unspecified atom stereocenters. The van der Waals surface area contributed by atoms with Crippen LogP contribution in [-0.4, -0.2) is 19.5 Å². The van der Waals surface area contributed by atoms with Gasteiger partial charge in [-0.3, -0.25) is 4.79 Å². The quantitative estimate of drug-likeness (QED) is 0.921. The lowest BCUT2D eigenvalue weighted by Gasteiger charge is -2.05. The van der Waals surface area contributed by atoms with Crippen molar-refractivity contribution in [2.45, 2.75) is 18.2 Å². The Morgan fingerprint density at radius 3 is 2.14 bits per heavy atom. The summed E-state index contributed by atoms with van der Waals surface area (Å²) in [7, 11) is -3.51. The molecule has 0 aliphatic rings. The van der Waals surface area contributed by atoms with Crippen molar-refractivity contribution in [3.8, 4) is 0 Å². The van der Waals surface area contributed by atoms with E-state index in [-0.39, 0.29) is 11.3 Å². The summed E-state index contributed by atoms with van der Waals surface area (Å²) in [5, 5.41) is 8.69. The van der Waals surface area contributed by atoms with Crippen LogP contribution >= 0.6 is 0 Å². The van der Waals surface area contributed by atoms with Crippen molar-refractivity contribution >= 4 is 15.8 Å². The molecule has 0 amide bonds. The van der Waals surface area contributed by atoms with Crippen molar-refractivity contribution in [2.24, 2.45) is 0 Å². The summed E-state index contributed by atoms with van der Waals surface area (Å²) in [5.74, 6) is 0.265. The second kappa shape index (κ2) is 6.10. The molecule has 0 saturated carbocycles. The average Bonchev–Trinajstić information content (AvgIpc) is 2.40. The first kappa shape index (κ1) is 15.3. The van der Waals surface area contributed by atoms with Gasteiger partial charge in [-0.25, -0.2) is 8.42 Å². The Morgan fingerprint density at radius 2 is 1.62 bits per heavy atom. The molecule has 0 aliphatic carbocycles. The van der Waals surface area contributed by atoms with Gasteiger partial charge in [0.1, 0.15) is 5.75 Å². The van der Waals surface area contributed by atoms with E-state index < -0.39 is 15.8 Å². The molecule has 0 fully saturated rings. The highest BCUT2D eigenvalue weighted by molar-refractivity contribution is 7.93. The predicted molar refractivity (Wildman–Crippen MR) is 79.5 cm³/mol. The Balaban J connectivity index is 2.16. The standard InChI is InChI=1S/C16H15O4S/c1-12-2-8-15(9-3-12)21(19,20)11-14-6-4-13(5-7-14)10-16(17)18/h2-9,11H,10H2,1H3,(H,17,18). The Kier molecular flexibility index (Phi) is 4.43. The third-order valence-corrected chi connectivity index (χ3v) is 4.49. The molecule has 0 saturated heterocycles. The monoisotopic (exact) mass is 303 g/mol. The van der Waals surface area contributed by atoms with E-state index in [1.54, 1.807) is 48.5 Å². The Bertz CT molecular complexity index is 729. The minimum absolute atomic E-state index is 0.0784. The lowest BCUT2D eigenvalue weighted by Crippen LogP contribution is -2.03. The highest BCUT2D eigenvalue weighted by Gasteiger charge is 2.15. The molecule has 0 heterocycles. The molecule has 5 heteroatoms. The van der Waals surface area contributed by atoms with Gasteiger partial charge in [0.15, 0.2) is 9.84 Å². The van der Waals surface area contributed by atoms with Crippen LogP contribution in [0.1, 0.15) is 16.7 Å². The van der Waals surface area contributed by atoms with Gasteiger partial charge in [-0.1, -0.05) is 42.0 Å². The number of carbonyl (C=O) groups is 1. The molecule has 0 bridgehead atoms. The molecular weight excluding hydrogens is 288 g/mol. The topological polar surface area (TPSA) is 71.4 Å². The van der Waals surface area contributed by atoms with E-state index in [1.165, 1.54) is 5.75 Å². The maximum absolute atomic E-state index is 12.2. The summed E-state index contributed by atoms with van der Waals surface area (Å²) in [6.45, 7) is 1.89. The number of hydrogen-bond donors (Lipinski definition) is 1. The summed E-state index contributed by atoms with van der Waals surface area (Å²) in [5.41, 5.74) is 2.14. The predicted octanol–water partition coefficient (Wildman–Crippen LogP) is 2.61. The SMILES string of the molecule is Cc1ccc(S(=O)(=O)[CH]c2ccc(CC(=O)O)cc2)cc1. The smallest absolute Gasteiger partial charge is 0.307 e. The van der Waals surface area contributed by atoms with Crippen molar-refractivity contribution in [3.05, 3.63) is 71.0 Å². The fraction of sp³-hybridized carbons (Fsp3) is 0.125. The van der Waals surface area contributed by atoms with Crippen molar-refractivity contribution < 1.29 is 18.3 Å². The molecule has 0 aliphatic heterocycles. The van der Waals surface area contributed by atoms with Crippen LogP contribution in [0.4, 0.5) is 0 Å². The lowest BCUT2D eigenvalue weighted by molar-refractivity contribution is -0.136. The zero-order chi connectivity index (χ0) is 15.5. The summed E-state index contributed by atoms with van der Waals surface area (Å²) in [6.07, 6.45) is -0.0784. The number of carboxylic acids is 1. The number of carboxylic acid groups (broad SMARTS) is 1. The van der Waals surface area contributed by atoms with Crippen LogP contribution in [0.5, 0.6) is 0 Å². The van der Waals surface area contributed by atoms with Gasteiger partial charge in [-0.2, -0.15) is 0 Å². The van der Waals surface area contributed by atoms with Crippen LogP contribution in [0.15, 0.2) is 53.4 Å². The van der Waals surface area contributed by atoms with E-state index >= 15 is 0 Å². The molecule has 2 rings (SSSR count). The van der Waals surface area contributed by atoms with Crippen LogP contribution in [-0.2, 0) is 21.1 Å². The third-order valence-electron chi connectivity index (χ3n) is 2.98. The summed E-state index contributed by atoms with van der Waals surface area (Å²) >= 11 is 0. The van der Waals surface area contributed by atoms with Crippen molar-refractivity contribution in [1.82, 2.24) is 0 Å². The molecule has 4 nitrogen and oxygen atoms in total. The molecule has 0 atom stereocenters. The molecule has 1 N–H and O–H groups in total. The van der Waals surface area contributed by atoms with Gasteiger partial charge in [0, 0.05) is 0 Å². The fourth-order valence-corrected chi connectivity index (χ4v) is 3.03. The first-order chi connectivity index (χ1) is 9.87. The van der Waals surface area contributed by atoms with E-state index in [4.69, 9.17) is 5.11 Å². The number of hydrogen-bond acceptors (Lipinski definition) is 3. The first-order valence-corrected chi connectivity index (χ1v) is 7.89. The molecule has 21 heavy (non-hydrogen) atoms. The second-order valence-electron chi connectivity index (χ2n) is 4.79. The Morgan fingerprint density at radius 1 is 1.05 bits per heavy atom.